The summed E-state index contributed by atoms with van der Waals surface area (Å²) < 4.78 is 0. The van der Waals surface area contributed by atoms with Crippen LogP contribution in [0.15, 0.2) is 0 Å². The molecule has 0 radical (unpaired) electrons. The van der Waals surface area contributed by atoms with Gasteiger partial charge in [-0.3, -0.25) is 0 Å². The van der Waals surface area contributed by atoms with Gasteiger partial charge in [0.2, 0.25) is 0 Å². The molecule has 0 heterocycles. The third-order valence-electron chi connectivity index (χ3n) is 0.408. The molecule has 0 aromatic rings. The van der Waals surface area contributed by atoms with Crippen molar-refractivity contribution in [3.8, 4) is 0 Å². The van der Waals surface area contributed by atoms with Gasteiger partial charge < -0.3 is 13.8 Å². The Bertz CT molecular complexity index is 5.90. The molecule has 0 bridgehead atoms. The molecule has 0 aliphatic carbocycles. The van der Waals surface area contributed by atoms with E-state index >= 15 is 0 Å². The maximum atomic E-state index is 2.12. The molecular formula is C5H12Y+. The molecule has 0 unspecified atom stereocenters. The average molecular weight is 161 g/mol. The second-order valence-electron chi connectivity index (χ2n) is 0.816. The molecule has 0 aromatic heterocycles. The van der Waals surface area contributed by atoms with Crippen LogP contribution in [0.3, 0.4) is 0 Å². The van der Waals surface area contributed by atoms with E-state index in [9.17, 15) is 0 Å². The van der Waals surface area contributed by atoms with Crippen molar-refractivity contribution in [2.24, 2.45) is 0 Å². The molecule has 0 aliphatic heterocycles. The van der Waals surface area contributed by atoms with Gasteiger partial charge in [0, 0.05) is 0 Å². The number of hydrogen-bond acceptors (Lipinski definition) is 0. The van der Waals surface area contributed by atoms with Crippen molar-refractivity contribution in [1.29, 1.82) is 0 Å². The van der Waals surface area contributed by atoms with Crippen molar-refractivity contribution in [3.63, 3.8) is 0 Å². The van der Waals surface area contributed by atoms with Gasteiger partial charge in [-0.1, -0.05) is 6.92 Å². The van der Waals surface area contributed by atoms with Gasteiger partial charge in [-0.15, -0.1) is 0 Å². The molecule has 0 N–H and O–H groups in total. The van der Waals surface area contributed by atoms with Crippen LogP contribution in [0.1, 0.15) is 20.3 Å². The summed E-state index contributed by atoms with van der Waals surface area (Å²) in [6.45, 7) is 4.18. The van der Waals surface area contributed by atoms with Crippen molar-refractivity contribution in [2.45, 2.75) is 20.3 Å². The van der Waals surface area contributed by atoms with E-state index in [-0.39, 0.29) is 40.1 Å². The van der Waals surface area contributed by atoms with Crippen LogP contribution in [0.2, 0.25) is 0 Å². The third kappa shape index (κ3) is 19.4. The van der Waals surface area contributed by atoms with Crippen LogP contribution in [-0.4, -0.2) is 0 Å². The van der Waals surface area contributed by atoms with Crippen molar-refractivity contribution >= 4 is 0 Å². The summed E-state index contributed by atoms with van der Waals surface area (Å²) in [5, 5.41) is 0. The van der Waals surface area contributed by atoms with Gasteiger partial charge in [0.15, 0.2) is 0 Å². The molecule has 0 aliphatic rings. The number of unbranched alkanes of at least 4 members (excludes halogenated alkanes) is 1. The van der Waals surface area contributed by atoms with Crippen molar-refractivity contribution in [1.82, 2.24) is 0 Å². The minimum Gasteiger partial charge on any atom is -0.358 e. The van der Waals surface area contributed by atoms with Crippen LogP contribution in [0.4, 0.5) is 0 Å². The Morgan fingerprint density at radius 3 is 1.67 bits per heavy atom. The average Bonchev–Trinajstić information content (AvgIpc) is 1.37. The van der Waals surface area contributed by atoms with Gasteiger partial charge >= 0.3 is 32.7 Å². The van der Waals surface area contributed by atoms with E-state index in [4.69, 9.17) is 0 Å². The first kappa shape index (κ1) is 15.7. The van der Waals surface area contributed by atoms with Crippen LogP contribution >= 0.6 is 0 Å². The second kappa shape index (κ2) is 16.5. The van der Waals surface area contributed by atoms with Gasteiger partial charge in [-0.05, 0) is 0 Å². The second-order valence-corrected chi connectivity index (χ2v) is 0.816. The third-order valence-corrected chi connectivity index (χ3v) is 0.408. The summed E-state index contributed by atoms with van der Waals surface area (Å²) >= 11 is 0. The number of hydrogen-bond donors (Lipinski definition) is 0. The topological polar surface area (TPSA) is 0 Å². The predicted molar refractivity (Wildman–Crippen MR) is 26.7 cm³/mol. The minimum atomic E-state index is 0. The quantitative estimate of drug-likeness (QED) is 0.516. The van der Waals surface area contributed by atoms with Crippen LogP contribution in [-0.2, 0) is 32.7 Å². The SMILES string of the molecule is C[CH-]CC.[CH3-].[Y+3]. The Morgan fingerprint density at radius 1 is 1.50 bits per heavy atom. The zero-order valence-electron chi connectivity index (χ0n) is 4.86. The van der Waals surface area contributed by atoms with Crippen LogP contribution < -0.4 is 0 Å². The van der Waals surface area contributed by atoms with Gasteiger partial charge in [0.05, 0.1) is 0 Å². The van der Waals surface area contributed by atoms with E-state index in [0.717, 1.165) is 0 Å². The fourth-order valence-electron chi connectivity index (χ4n) is 0. The van der Waals surface area contributed by atoms with Crippen LogP contribution in [0.25, 0.3) is 0 Å². The fraction of sp³-hybridized carbons (Fsp3) is 0.600. The van der Waals surface area contributed by atoms with Crippen molar-refractivity contribution in [3.05, 3.63) is 13.8 Å². The Morgan fingerprint density at radius 2 is 1.67 bits per heavy atom. The number of rotatable bonds is 1. The zero-order valence-corrected chi connectivity index (χ0v) is 7.70. The summed E-state index contributed by atoms with van der Waals surface area (Å²) in [6.07, 6.45) is 3.32. The Hall–Kier alpha value is 1.10. The van der Waals surface area contributed by atoms with E-state index < -0.39 is 0 Å². The Labute approximate surface area is 66.6 Å². The molecule has 0 aromatic carbocycles. The smallest absolute Gasteiger partial charge is 0.358 e. The van der Waals surface area contributed by atoms with Gasteiger partial charge in [0.1, 0.15) is 0 Å². The predicted octanol–water partition coefficient (Wildman–Crippen LogP) is 2.07. The summed E-state index contributed by atoms with van der Waals surface area (Å²) in [5.74, 6) is 0. The maximum absolute atomic E-state index is 2.12. The van der Waals surface area contributed by atoms with Gasteiger partial charge in [-0.25, -0.2) is 0 Å². The summed E-state index contributed by atoms with van der Waals surface area (Å²) in [4.78, 5) is 0. The van der Waals surface area contributed by atoms with Gasteiger partial charge in [-0.2, -0.15) is 13.3 Å². The molecule has 1 heteroatoms. The molecular weight excluding hydrogens is 149 g/mol. The van der Waals surface area contributed by atoms with E-state index in [2.05, 4.69) is 20.3 Å². The van der Waals surface area contributed by atoms with Crippen LogP contribution in [0, 0.1) is 13.8 Å². The van der Waals surface area contributed by atoms with Crippen LogP contribution in [0.5, 0.6) is 0 Å². The first-order valence-electron chi connectivity index (χ1n) is 1.69. The minimum absolute atomic E-state index is 0. The molecule has 0 saturated heterocycles. The molecule has 0 nitrogen and oxygen atoms in total. The molecule has 0 spiro atoms. The van der Waals surface area contributed by atoms with E-state index in [1.165, 1.54) is 6.42 Å². The van der Waals surface area contributed by atoms with Crippen molar-refractivity contribution in [2.75, 3.05) is 0 Å². The standard InChI is InChI=1S/C4H9.CH3.Y/c1-3-4-2;;/h3H,4H2,1-2H3;1H3;/q2*-1;+3. The molecule has 0 fully saturated rings. The summed E-state index contributed by atoms with van der Waals surface area (Å²) in [6, 6.07) is 0. The van der Waals surface area contributed by atoms with E-state index in [0.29, 0.717) is 0 Å². The molecule has 0 amide bonds. The first-order chi connectivity index (χ1) is 1.91. The maximum Gasteiger partial charge on any atom is 3.00 e. The van der Waals surface area contributed by atoms with E-state index in [1.54, 1.807) is 0 Å². The monoisotopic (exact) mass is 161 g/mol. The molecule has 6 heavy (non-hydrogen) atoms. The Kier molecular flexibility index (Phi) is 43.2. The normalized spacial score (nSPS) is 5.00. The zero-order chi connectivity index (χ0) is 3.41. The summed E-state index contributed by atoms with van der Waals surface area (Å²) in [5.41, 5.74) is 0. The summed E-state index contributed by atoms with van der Waals surface area (Å²) in [7, 11) is 0. The van der Waals surface area contributed by atoms with Crippen molar-refractivity contribution < 1.29 is 32.7 Å². The Balaban J connectivity index is -0.0000000450. The molecule has 0 atom stereocenters. The van der Waals surface area contributed by atoms with E-state index in [1.807, 2.05) is 0 Å². The first-order valence-corrected chi connectivity index (χ1v) is 1.69. The largest absolute Gasteiger partial charge is 3.00 e. The molecule has 34 valence electrons. The molecule has 0 rings (SSSR count). The fourth-order valence-corrected chi connectivity index (χ4v) is 0. The van der Waals surface area contributed by atoms with Gasteiger partial charge in [0.25, 0.3) is 0 Å². The molecule has 0 saturated carbocycles.